The van der Waals surface area contributed by atoms with Crippen molar-refractivity contribution in [2.24, 2.45) is 5.73 Å². The van der Waals surface area contributed by atoms with Crippen LogP contribution in [0.5, 0.6) is 5.75 Å². The molecular weight excluding hydrogens is 248 g/mol. The molecule has 1 atom stereocenters. The second kappa shape index (κ2) is 6.44. The van der Waals surface area contributed by atoms with Crippen LogP contribution >= 0.6 is 0 Å². The van der Waals surface area contributed by atoms with Crippen molar-refractivity contribution in [2.45, 2.75) is 19.9 Å². The van der Waals surface area contributed by atoms with Crippen LogP contribution in [-0.4, -0.2) is 13.7 Å². The summed E-state index contributed by atoms with van der Waals surface area (Å²) in [7, 11) is 1.67. The van der Waals surface area contributed by atoms with E-state index in [1.165, 1.54) is 11.1 Å². The predicted molar refractivity (Wildman–Crippen MR) is 84.3 cm³/mol. The molecule has 0 bridgehead atoms. The van der Waals surface area contributed by atoms with Crippen LogP contribution in [0, 0.1) is 13.8 Å². The summed E-state index contributed by atoms with van der Waals surface area (Å²) in [6.45, 7) is 4.73. The quantitative estimate of drug-likeness (QED) is 0.875. The molecule has 0 aliphatic carbocycles. The molecule has 2 aromatic rings. The van der Waals surface area contributed by atoms with Gasteiger partial charge in [0, 0.05) is 12.2 Å². The van der Waals surface area contributed by atoms with E-state index in [1.807, 2.05) is 18.2 Å². The Morgan fingerprint density at radius 3 is 2.60 bits per heavy atom. The second-order valence-electron chi connectivity index (χ2n) is 5.03. The number of methoxy groups -OCH3 is 1. The fourth-order valence-corrected chi connectivity index (χ4v) is 2.30. The summed E-state index contributed by atoms with van der Waals surface area (Å²) < 4.78 is 5.27. The summed E-state index contributed by atoms with van der Waals surface area (Å²) in [5.41, 5.74) is 10.7. The van der Waals surface area contributed by atoms with E-state index < -0.39 is 0 Å². The van der Waals surface area contributed by atoms with Gasteiger partial charge in [0.25, 0.3) is 0 Å². The van der Waals surface area contributed by atoms with E-state index >= 15 is 0 Å². The first-order valence-corrected chi connectivity index (χ1v) is 6.82. The van der Waals surface area contributed by atoms with Gasteiger partial charge in [-0.15, -0.1) is 0 Å². The summed E-state index contributed by atoms with van der Waals surface area (Å²) in [5.74, 6) is 0.850. The van der Waals surface area contributed by atoms with E-state index in [2.05, 4.69) is 43.4 Å². The van der Waals surface area contributed by atoms with Crippen molar-refractivity contribution >= 4 is 5.69 Å². The van der Waals surface area contributed by atoms with E-state index in [9.17, 15) is 0 Å². The van der Waals surface area contributed by atoms with E-state index in [0.717, 1.165) is 17.0 Å². The number of rotatable bonds is 5. The van der Waals surface area contributed by atoms with Crippen LogP contribution in [0.4, 0.5) is 5.69 Å². The number of nitrogens with two attached hydrogens (primary N) is 1. The number of hydrogen-bond donors (Lipinski definition) is 2. The Bertz CT molecular complexity index is 581. The Morgan fingerprint density at radius 2 is 1.95 bits per heavy atom. The molecule has 0 aromatic heterocycles. The minimum absolute atomic E-state index is 0.0755. The lowest BCUT2D eigenvalue weighted by Crippen LogP contribution is -2.21. The Balaban J connectivity index is 2.23. The van der Waals surface area contributed by atoms with E-state index in [-0.39, 0.29) is 6.04 Å². The summed E-state index contributed by atoms with van der Waals surface area (Å²) >= 11 is 0. The minimum atomic E-state index is 0.0755. The first-order valence-electron chi connectivity index (χ1n) is 6.82. The molecule has 20 heavy (non-hydrogen) atoms. The maximum Gasteiger partial charge on any atom is 0.119 e. The molecule has 0 saturated carbocycles. The van der Waals surface area contributed by atoms with Crippen LogP contribution in [0.25, 0.3) is 0 Å². The van der Waals surface area contributed by atoms with Gasteiger partial charge in [0.05, 0.1) is 13.2 Å². The molecule has 3 heteroatoms. The highest BCUT2D eigenvalue weighted by Crippen LogP contribution is 2.24. The van der Waals surface area contributed by atoms with Crippen LogP contribution in [0.1, 0.15) is 22.7 Å². The molecule has 2 rings (SSSR count). The number of ether oxygens (including phenoxy) is 1. The average molecular weight is 270 g/mol. The molecule has 0 fully saturated rings. The molecule has 0 aliphatic rings. The third kappa shape index (κ3) is 3.31. The monoisotopic (exact) mass is 270 g/mol. The van der Waals surface area contributed by atoms with Crippen LogP contribution in [-0.2, 0) is 0 Å². The standard InChI is InChI=1S/C17H22N2O/c1-12-7-8-16(13(2)9-12)19-17(11-18)14-5-4-6-15(10-14)20-3/h4-10,17,19H,11,18H2,1-3H3. The minimum Gasteiger partial charge on any atom is -0.497 e. The predicted octanol–water partition coefficient (Wildman–Crippen LogP) is 3.42. The normalized spacial score (nSPS) is 12.0. The first kappa shape index (κ1) is 14.4. The van der Waals surface area contributed by atoms with Crippen molar-refractivity contribution in [3.05, 3.63) is 59.2 Å². The van der Waals surface area contributed by atoms with Crippen molar-refractivity contribution in [3.63, 3.8) is 0 Å². The lowest BCUT2D eigenvalue weighted by Gasteiger charge is -2.20. The smallest absolute Gasteiger partial charge is 0.119 e. The summed E-state index contributed by atoms with van der Waals surface area (Å²) in [4.78, 5) is 0. The second-order valence-corrected chi connectivity index (χ2v) is 5.03. The van der Waals surface area contributed by atoms with Crippen LogP contribution in [0.2, 0.25) is 0 Å². The molecule has 2 aromatic carbocycles. The zero-order chi connectivity index (χ0) is 14.5. The Labute approximate surface area is 120 Å². The first-order chi connectivity index (χ1) is 9.63. The van der Waals surface area contributed by atoms with Gasteiger partial charge in [-0.3, -0.25) is 0 Å². The Morgan fingerprint density at radius 1 is 1.15 bits per heavy atom. The summed E-state index contributed by atoms with van der Waals surface area (Å²) in [6.07, 6.45) is 0. The number of aryl methyl sites for hydroxylation is 2. The third-order valence-corrected chi connectivity index (χ3v) is 3.44. The molecule has 3 N–H and O–H groups in total. The van der Waals surface area contributed by atoms with Gasteiger partial charge >= 0.3 is 0 Å². The highest BCUT2D eigenvalue weighted by atomic mass is 16.5. The van der Waals surface area contributed by atoms with Crippen molar-refractivity contribution in [1.29, 1.82) is 0 Å². The maximum atomic E-state index is 5.92. The van der Waals surface area contributed by atoms with E-state index in [0.29, 0.717) is 6.54 Å². The maximum absolute atomic E-state index is 5.92. The van der Waals surface area contributed by atoms with Crippen molar-refractivity contribution in [3.8, 4) is 5.75 Å². The molecule has 0 radical (unpaired) electrons. The van der Waals surface area contributed by atoms with Gasteiger partial charge < -0.3 is 15.8 Å². The number of hydrogen-bond acceptors (Lipinski definition) is 3. The largest absolute Gasteiger partial charge is 0.497 e. The van der Waals surface area contributed by atoms with Gasteiger partial charge in [-0.2, -0.15) is 0 Å². The molecule has 0 heterocycles. The SMILES string of the molecule is COc1cccc(C(CN)Nc2ccc(C)cc2C)c1. The molecule has 1 unspecified atom stereocenters. The fraction of sp³-hybridized carbons (Fsp3) is 0.294. The third-order valence-electron chi connectivity index (χ3n) is 3.44. The van der Waals surface area contributed by atoms with Crippen LogP contribution in [0.3, 0.4) is 0 Å². The fourth-order valence-electron chi connectivity index (χ4n) is 2.30. The Kier molecular flexibility index (Phi) is 4.64. The van der Waals surface area contributed by atoms with E-state index in [4.69, 9.17) is 10.5 Å². The Hall–Kier alpha value is -2.00. The van der Waals surface area contributed by atoms with Crippen LogP contribution < -0.4 is 15.8 Å². The van der Waals surface area contributed by atoms with Crippen molar-refractivity contribution < 1.29 is 4.74 Å². The van der Waals surface area contributed by atoms with Gasteiger partial charge in [0.15, 0.2) is 0 Å². The van der Waals surface area contributed by atoms with Crippen LogP contribution in [0.15, 0.2) is 42.5 Å². The van der Waals surface area contributed by atoms with Gasteiger partial charge in [-0.25, -0.2) is 0 Å². The van der Waals surface area contributed by atoms with Crippen molar-refractivity contribution in [1.82, 2.24) is 0 Å². The zero-order valence-corrected chi connectivity index (χ0v) is 12.3. The average Bonchev–Trinajstić information content (AvgIpc) is 2.46. The summed E-state index contributed by atoms with van der Waals surface area (Å²) in [5, 5.41) is 3.51. The highest BCUT2D eigenvalue weighted by Gasteiger charge is 2.11. The summed E-state index contributed by atoms with van der Waals surface area (Å²) in [6, 6.07) is 14.5. The zero-order valence-electron chi connectivity index (χ0n) is 12.3. The topological polar surface area (TPSA) is 47.3 Å². The molecule has 3 nitrogen and oxygen atoms in total. The van der Waals surface area contributed by atoms with Gasteiger partial charge in [-0.1, -0.05) is 29.8 Å². The molecule has 0 spiro atoms. The highest BCUT2D eigenvalue weighted by molar-refractivity contribution is 5.53. The van der Waals surface area contributed by atoms with Gasteiger partial charge in [-0.05, 0) is 43.2 Å². The van der Waals surface area contributed by atoms with Gasteiger partial charge in [0.2, 0.25) is 0 Å². The van der Waals surface area contributed by atoms with E-state index in [1.54, 1.807) is 7.11 Å². The molecule has 0 aliphatic heterocycles. The number of nitrogens with one attached hydrogen (secondary N) is 1. The lowest BCUT2D eigenvalue weighted by molar-refractivity contribution is 0.414. The van der Waals surface area contributed by atoms with Crippen molar-refractivity contribution in [2.75, 3.05) is 19.0 Å². The molecule has 0 saturated heterocycles. The molecular formula is C17H22N2O. The molecule has 0 amide bonds. The molecule has 106 valence electrons. The van der Waals surface area contributed by atoms with Gasteiger partial charge in [0.1, 0.15) is 5.75 Å². The number of anilines is 1. The number of benzene rings is 2. The lowest BCUT2D eigenvalue weighted by atomic mass is 10.0.